The fourth-order valence-electron chi connectivity index (χ4n) is 0.417. The second-order valence-electron chi connectivity index (χ2n) is 1.93. The van der Waals surface area contributed by atoms with Crippen LogP contribution in [0.3, 0.4) is 0 Å². The zero-order chi connectivity index (χ0) is 7.44. The van der Waals surface area contributed by atoms with Crippen LogP contribution in [-0.4, -0.2) is 34.7 Å². The van der Waals surface area contributed by atoms with E-state index in [0.717, 1.165) is 0 Å². The molecule has 0 fully saturated rings. The van der Waals surface area contributed by atoms with Crippen LogP contribution in [0.5, 0.6) is 0 Å². The topological polar surface area (TPSA) is 90.3 Å². The Kier molecular flexibility index (Phi) is 3.37. The summed E-state index contributed by atoms with van der Waals surface area (Å²) in [5, 5.41) is 24.5. The third-order valence-electron chi connectivity index (χ3n) is 1.05. The van der Waals surface area contributed by atoms with E-state index >= 15 is 0 Å². The number of aliphatic hydroxyl groups is 2. The van der Waals surface area contributed by atoms with E-state index in [9.17, 15) is 0 Å². The quantitative estimate of drug-likeness (QED) is 0.360. The molecule has 0 aromatic rings. The molecule has 0 aromatic heterocycles. The van der Waals surface area contributed by atoms with Crippen molar-refractivity contribution in [2.24, 2.45) is 5.73 Å². The molecule has 0 saturated heterocycles. The molecule has 4 heteroatoms. The molecule has 0 spiro atoms. The first-order chi connectivity index (χ1) is 4.09. The molecule has 0 heterocycles. The van der Waals surface area contributed by atoms with Gasteiger partial charge in [-0.15, -0.1) is 0 Å². The normalized spacial score (nSPS) is 16.9. The van der Waals surface area contributed by atoms with Gasteiger partial charge in [0.05, 0.1) is 6.10 Å². The summed E-state index contributed by atoms with van der Waals surface area (Å²) in [6, 6.07) is 0. The predicted molar refractivity (Wildman–Crippen MR) is 34.5 cm³/mol. The Morgan fingerprint density at radius 3 is 2.22 bits per heavy atom. The predicted octanol–water partition coefficient (Wildman–Crippen LogP) is -1.29. The van der Waals surface area contributed by atoms with Gasteiger partial charge in [0, 0.05) is 12.3 Å². The number of nitrogens with one attached hydrogen (secondary N) is 1. The standard InChI is InChI=1S/C5H12N2O2/c1-3(7)5(9)4(8)2-6/h4-5,7-9H,2,6H2,1H3/t4?,5-/m1/s1. The fourth-order valence-corrected chi connectivity index (χ4v) is 0.417. The monoisotopic (exact) mass is 132 g/mol. The first-order valence-corrected chi connectivity index (χ1v) is 2.70. The lowest BCUT2D eigenvalue weighted by molar-refractivity contribution is 0.0658. The van der Waals surface area contributed by atoms with E-state index in [1.54, 1.807) is 0 Å². The van der Waals surface area contributed by atoms with Gasteiger partial charge in [0.25, 0.3) is 0 Å². The minimum atomic E-state index is -1.10. The van der Waals surface area contributed by atoms with Crippen molar-refractivity contribution in [1.82, 2.24) is 0 Å². The van der Waals surface area contributed by atoms with Gasteiger partial charge < -0.3 is 21.4 Å². The van der Waals surface area contributed by atoms with Crippen LogP contribution in [0.4, 0.5) is 0 Å². The molecular weight excluding hydrogens is 120 g/mol. The van der Waals surface area contributed by atoms with Crippen molar-refractivity contribution in [3.8, 4) is 0 Å². The SMILES string of the molecule is CC(=N)[C@@H](O)C(O)CN. The summed E-state index contributed by atoms with van der Waals surface area (Å²) >= 11 is 0. The Balaban J connectivity index is 3.72. The zero-order valence-corrected chi connectivity index (χ0v) is 5.33. The second kappa shape index (κ2) is 3.55. The highest BCUT2D eigenvalue weighted by Gasteiger charge is 2.15. The molecule has 0 rings (SSSR count). The van der Waals surface area contributed by atoms with E-state index in [4.69, 9.17) is 21.4 Å². The van der Waals surface area contributed by atoms with Gasteiger partial charge in [-0.25, -0.2) is 0 Å². The minimum absolute atomic E-state index is 0.0165. The highest BCUT2D eigenvalue weighted by molar-refractivity contribution is 5.83. The lowest BCUT2D eigenvalue weighted by atomic mass is 10.1. The van der Waals surface area contributed by atoms with E-state index < -0.39 is 12.2 Å². The van der Waals surface area contributed by atoms with Crippen LogP contribution in [0.15, 0.2) is 0 Å². The van der Waals surface area contributed by atoms with Crippen LogP contribution in [0.1, 0.15) is 6.92 Å². The van der Waals surface area contributed by atoms with Gasteiger partial charge in [0.1, 0.15) is 6.10 Å². The van der Waals surface area contributed by atoms with Gasteiger partial charge in [0.2, 0.25) is 0 Å². The summed E-state index contributed by atoms with van der Waals surface area (Å²) in [7, 11) is 0. The van der Waals surface area contributed by atoms with Crippen LogP contribution < -0.4 is 5.73 Å². The van der Waals surface area contributed by atoms with E-state index in [1.165, 1.54) is 6.92 Å². The van der Waals surface area contributed by atoms with Gasteiger partial charge >= 0.3 is 0 Å². The molecule has 0 aromatic carbocycles. The Bertz CT molecular complexity index is 105. The van der Waals surface area contributed by atoms with E-state index in [-0.39, 0.29) is 12.3 Å². The molecular formula is C5H12N2O2. The lowest BCUT2D eigenvalue weighted by Gasteiger charge is -2.13. The molecule has 0 saturated carbocycles. The number of nitrogens with two attached hydrogens (primary N) is 1. The largest absolute Gasteiger partial charge is 0.389 e. The van der Waals surface area contributed by atoms with Gasteiger partial charge in [-0.05, 0) is 6.92 Å². The molecule has 0 aliphatic carbocycles. The van der Waals surface area contributed by atoms with E-state index in [0.29, 0.717) is 0 Å². The van der Waals surface area contributed by atoms with Crippen LogP contribution >= 0.6 is 0 Å². The molecule has 54 valence electrons. The fraction of sp³-hybridized carbons (Fsp3) is 0.800. The maximum atomic E-state index is 8.84. The van der Waals surface area contributed by atoms with Crippen molar-refractivity contribution in [3.05, 3.63) is 0 Å². The van der Waals surface area contributed by atoms with E-state index in [2.05, 4.69) is 0 Å². The molecule has 9 heavy (non-hydrogen) atoms. The Morgan fingerprint density at radius 1 is 1.67 bits per heavy atom. The summed E-state index contributed by atoms with van der Waals surface area (Å²) in [6.07, 6.45) is -2.10. The molecule has 0 bridgehead atoms. The summed E-state index contributed by atoms with van der Waals surface area (Å²) in [4.78, 5) is 0. The second-order valence-corrected chi connectivity index (χ2v) is 1.93. The molecule has 2 atom stereocenters. The molecule has 0 amide bonds. The van der Waals surface area contributed by atoms with Crippen LogP contribution in [0, 0.1) is 5.41 Å². The molecule has 0 radical (unpaired) electrons. The first-order valence-electron chi connectivity index (χ1n) is 2.70. The maximum Gasteiger partial charge on any atom is 0.118 e. The average Bonchev–Trinajstić information content (AvgIpc) is 1.84. The number of hydrogen-bond acceptors (Lipinski definition) is 4. The van der Waals surface area contributed by atoms with E-state index in [1.807, 2.05) is 0 Å². The summed E-state index contributed by atoms with van der Waals surface area (Å²) in [5.41, 5.74) is 5.04. The van der Waals surface area contributed by atoms with Crippen molar-refractivity contribution >= 4 is 5.71 Å². The molecule has 0 aliphatic heterocycles. The molecule has 5 N–H and O–H groups in total. The highest BCUT2D eigenvalue weighted by Crippen LogP contribution is 1.91. The van der Waals surface area contributed by atoms with Crippen LogP contribution in [-0.2, 0) is 0 Å². The number of hydrogen-bond donors (Lipinski definition) is 4. The highest BCUT2D eigenvalue weighted by atomic mass is 16.3. The maximum absolute atomic E-state index is 8.84. The number of rotatable bonds is 3. The van der Waals surface area contributed by atoms with Crippen LogP contribution in [0.25, 0.3) is 0 Å². The van der Waals surface area contributed by atoms with Crippen molar-refractivity contribution in [1.29, 1.82) is 5.41 Å². The Labute approximate surface area is 53.8 Å². The zero-order valence-electron chi connectivity index (χ0n) is 5.33. The van der Waals surface area contributed by atoms with Crippen LogP contribution in [0.2, 0.25) is 0 Å². The summed E-state index contributed by atoms with van der Waals surface area (Å²) < 4.78 is 0. The van der Waals surface area contributed by atoms with Crippen molar-refractivity contribution in [3.63, 3.8) is 0 Å². The third-order valence-corrected chi connectivity index (χ3v) is 1.05. The third kappa shape index (κ3) is 2.55. The molecule has 4 nitrogen and oxygen atoms in total. The summed E-state index contributed by atoms with van der Waals surface area (Å²) in [5.74, 6) is 0. The Hall–Kier alpha value is -0.450. The van der Waals surface area contributed by atoms with Crippen molar-refractivity contribution in [2.75, 3.05) is 6.54 Å². The first kappa shape index (κ1) is 8.55. The molecule has 1 unspecified atom stereocenters. The van der Waals surface area contributed by atoms with Gasteiger partial charge in [0.15, 0.2) is 0 Å². The van der Waals surface area contributed by atoms with Gasteiger partial charge in [-0.1, -0.05) is 0 Å². The van der Waals surface area contributed by atoms with Gasteiger partial charge in [-0.3, -0.25) is 0 Å². The molecule has 0 aliphatic rings. The van der Waals surface area contributed by atoms with Gasteiger partial charge in [-0.2, -0.15) is 0 Å². The average molecular weight is 132 g/mol. The minimum Gasteiger partial charge on any atom is -0.389 e. The van der Waals surface area contributed by atoms with Crippen molar-refractivity contribution in [2.45, 2.75) is 19.1 Å². The smallest absolute Gasteiger partial charge is 0.118 e. The van der Waals surface area contributed by atoms with Crippen molar-refractivity contribution < 1.29 is 10.2 Å². The Morgan fingerprint density at radius 2 is 2.11 bits per heavy atom. The number of aliphatic hydroxyl groups excluding tert-OH is 2. The summed E-state index contributed by atoms with van der Waals surface area (Å²) in [6.45, 7) is 1.40. The lowest BCUT2D eigenvalue weighted by Crippen LogP contribution is -2.37.